The van der Waals surface area contributed by atoms with Gasteiger partial charge in [0.05, 0.1) is 6.61 Å². The van der Waals surface area contributed by atoms with E-state index in [1.54, 1.807) is 0 Å². The van der Waals surface area contributed by atoms with E-state index in [0.717, 1.165) is 0 Å². The van der Waals surface area contributed by atoms with E-state index < -0.39 is 30.0 Å². The van der Waals surface area contributed by atoms with Gasteiger partial charge in [0.15, 0.2) is 0 Å². The molecule has 2 atom stereocenters. The Balaban J connectivity index is 0. The van der Waals surface area contributed by atoms with Crippen molar-refractivity contribution in [2.45, 2.75) is 25.4 Å². The van der Waals surface area contributed by atoms with E-state index >= 15 is 0 Å². The van der Waals surface area contributed by atoms with Crippen LogP contribution in [-0.4, -0.2) is 52.6 Å². The van der Waals surface area contributed by atoms with Gasteiger partial charge in [-0.05, 0) is 0 Å². The highest BCUT2D eigenvalue weighted by Gasteiger charge is 2.10. The fourth-order valence-corrected chi connectivity index (χ4v) is 0.687. The van der Waals surface area contributed by atoms with Crippen molar-refractivity contribution < 1.29 is 29.3 Å². The third-order valence-electron chi connectivity index (χ3n) is 1.57. The average Bonchev–Trinajstić information content (AvgIpc) is 2.27. The maximum atomic E-state index is 10.2. The summed E-state index contributed by atoms with van der Waals surface area (Å²) in [5.41, 5.74) is 10.1. The molecule has 18 heavy (non-hydrogen) atoms. The predicted molar refractivity (Wildman–Crippen MR) is 66.3 cm³/mol. The van der Waals surface area contributed by atoms with Gasteiger partial charge in [0.1, 0.15) is 12.1 Å². The summed E-state index contributed by atoms with van der Waals surface area (Å²) in [7, 11) is 0. The first-order valence-corrected chi connectivity index (χ1v) is 5.56. The highest BCUT2D eigenvalue weighted by atomic mass is 32.1. The number of aliphatic carboxylic acids is 2. The third-order valence-corrected chi connectivity index (χ3v) is 1.96. The summed E-state index contributed by atoms with van der Waals surface area (Å²) in [5, 5.41) is 16.3. The second kappa shape index (κ2) is 10.8. The van der Waals surface area contributed by atoms with E-state index in [2.05, 4.69) is 17.4 Å². The predicted octanol–water partition coefficient (Wildman–Crippen LogP) is -1.32. The summed E-state index contributed by atoms with van der Waals surface area (Å²) >= 11 is 3.65. The van der Waals surface area contributed by atoms with Gasteiger partial charge >= 0.3 is 17.9 Å². The second-order valence-corrected chi connectivity index (χ2v) is 3.57. The van der Waals surface area contributed by atoms with E-state index in [9.17, 15) is 14.4 Å². The molecule has 0 spiro atoms. The first-order valence-electron chi connectivity index (χ1n) is 4.93. The first-order chi connectivity index (χ1) is 8.22. The molecule has 0 heterocycles. The zero-order valence-corrected chi connectivity index (χ0v) is 10.8. The van der Waals surface area contributed by atoms with E-state index in [-0.39, 0.29) is 18.8 Å². The number of rotatable bonds is 6. The molecule has 0 aromatic carbocycles. The number of ether oxygens (including phenoxy) is 1. The molecule has 106 valence electrons. The quantitative estimate of drug-likeness (QED) is 0.297. The maximum Gasteiger partial charge on any atom is 0.321 e. The molecule has 0 amide bonds. The van der Waals surface area contributed by atoms with Gasteiger partial charge in [-0.15, -0.1) is 0 Å². The zero-order valence-electron chi connectivity index (χ0n) is 9.91. The van der Waals surface area contributed by atoms with E-state index in [0.29, 0.717) is 0 Å². The highest BCUT2D eigenvalue weighted by molar-refractivity contribution is 7.80. The van der Waals surface area contributed by atoms with E-state index in [1.165, 1.54) is 6.92 Å². The highest BCUT2D eigenvalue weighted by Crippen LogP contribution is 1.89. The Labute approximate surface area is 110 Å². The van der Waals surface area contributed by atoms with Crippen LogP contribution in [0.25, 0.3) is 0 Å². The number of hydrogen-bond acceptors (Lipinski definition) is 7. The standard InChI is InChI=1S/C6H11NO4.C3H7NO2S/c1-4(8)11-3-2-5(7)6(9)10;4-2(1-7)3(5)6/h5H,2-3,7H2,1H3,(H,9,10);2,7H,1,4H2,(H,5,6)/t5-;2-/m00/s1. The molecule has 0 bridgehead atoms. The van der Waals surface area contributed by atoms with Crippen LogP contribution in [-0.2, 0) is 19.1 Å². The second-order valence-electron chi connectivity index (χ2n) is 3.20. The fourth-order valence-electron chi connectivity index (χ4n) is 0.531. The number of carboxylic acids is 2. The monoisotopic (exact) mass is 282 g/mol. The minimum Gasteiger partial charge on any atom is -0.480 e. The molecule has 0 fully saturated rings. The third kappa shape index (κ3) is 12.7. The van der Waals surface area contributed by atoms with Crippen molar-refractivity contribution in [1.82, 2.24) is 0 Å². The van der Waals surface area contributed by atoms with Gasteiger partial charge < -0.3 is 26.4 Å². The van der Waals surface area contributed by atoms with Crippen molar-refractivity contribution in [3.8, 4) is 0 Å². The van der Waals surface area contributed by atoms with Gasteiger partial charge in [0.2, 0.25) is 0 Å². The maximum absolute atomic E-state index is 10.2. The summed E-state index contributed by atoms with van der Waals surface area (Å²) in [5.74, 6) is -2.33. The number of hydrogen-bond donors (Lipinski definition) is 5. The molecule has 0 radical (unpaired) electrons. The Kier molecular flexibility index (Phi) is 11.4. The molecule has 9 heteroatoms. The molecule has 0 aliphatic carbocycles. The molecule has 0 saturated carbocycles. The number of carboxylic acid groups (broad SMARTS) is 2. The number of carbonyl (C=O) groups is 3. The molecular formula is C9H18N2O6S. The van der Waals surface area contributed by atoms with Crippen molar-refractivity contribution in [1.29, 1.82) is 0 Å². The van der Waals surface area contributed by atoms with E-state index in [4.69, 9.17) is 21.7 Å². The van der Waals surface area contributed by atoms with Crippen LogP contribution in [0.5, 0.6) is 0 Å². The van der Waals surface area contributed by atoms with Crippen LogP contribution in [0.4, 0.5) is 0 Å². The van der Waals surface area contributed by atoms with Crippen LogP contribution in [0.1, 0.15) is 13.3 Å². The molecule has 0 aliphatic rings. The smallest absolute Gasteiger partial charge is 0.321 e. The van der Waals surface area contributed by atoms with Gasteiger partial charge in [0.25, 0.3) is 0 Å². The summed E-state index contributed by atoms with van der Waals surface area (Å²) < 4.78 is 4.48. The first kappa shape index (κ1) is 19.0. The number of thiol groups is 1. The minimum atomic E-state index is -1.09. The van der Waals surface area contributed by atoms with Crippen LogP contribution < -0.4 is 11.5 Å². The van der Waals surface area contributed by atoms with Crippen LogP contribution >= 0.6 is 12.6 Å². The zero-order chi connectivity index (χ0) is 14.7. The Morgan fingerprint density at radius 1 is 1.17 bits per heavy atom. The molecule has 0 aromatic heterocycles. The van der Waals surface area contributed by atoms with E-state index in [1.807, 2.05) is 0 Å². The Morgan fingerprint density at radius 2 is 1.61 bits per heavy atom. The van der Waals surface area contributed by atoms with Crippen LogP contribution in [0.2, 0.25) is 0 Å². The van der Waals surface area contributed by atoms with Crippen molar-refractivity contribution in [2.24, 2.45) is 11.5 Å². The van der Waals surface area contributed by atoms with Gasteiger partial charge in [-0.2, -0.15) is 12.6 Å². The normalized spacial score (nSPS) is 12.7. The molecule has 0 saturated heterocycles. The summed E-state index contributed by atoms with van der Waals surface area (Å²) in [6.07, 6.45) is 0.148. The lowest BCUT2D eigenvalue weighted by Gasteiger charge is -2.04. The van der Waals surface area contributed by atoms with Crippen LogP contribution in [0.3, 0.4) is 0 Å². The number of carbonyl (C=O) groups excluding carboxylic acids is 1. The lowest BCUT2D eigenvalue weighted by molar-refractivity contribution is -0.144. The lowest BCUT2D eigenvalue weighted by Crippen LogP contribution is -2.31. The minimum absolute atomic E-state index is 0.0583. The molecule has 0 rings (SSSR count). The topological polar surface area (TPSA) is 153 Å². The Bertz CT molecular complexity index is 286. The van der Waals surface area contributed by atoms with Crippen LogP contribution in [0.15, 0.2) is 0 Å². The van der Waals surface area contributed by atoms with Crippen molar-refractivity contribution in [2.75, 3.05) is 12.4 Å². The molecule has 6 N–H and O–H groups in total. The number of esters is 1. The lowest BCUT2D eigenvalue weighted by atomic mass is 10.2. The molecule has 0 unspecified atom stereocenters. The van der Waals surface area contributed by atoms with Gasteiger partial charge in [-0.3, -0.25) is 14.4 Å². The average molecular weight is 282 g/mol. The van der Waals surface area contributed by atoms with Crippen molar-refractivity contribution in [3.63, 3.8) is 0 Å². The number of nitrogens with two attached hydrogens (primary N) is 2. The SMILES string of the molecule is CC(=O)OCC[C@H](N)C(=O)O.N[C@@H](CS)C(=O)O. The molecule has 8 nitrogen and oxygen atoms in total. The summed E-state index contributed by atoms with van der Waals surface area (Å²) in [6, 6.07) is -1.77. The Morgan fingerprint density at radius 3 is 1.83 bits per heavy atom. The van der Waals surface area contributed by atoms with Gasteiger partial charge in [-0.1, -0.05) is 0 Å². The largest absolute Gasteiger partial charge is 0.480 e. The van der Waals surface area contributed by atoms with Crippen LogP contribution in [0, 0.1) is 0 Å². The summed E-state index contributed by atoms with van der Waals surface area (Å²) in [6.45, 7) is 1.31. The Hall–Kier alpha value is -1.32. The summed E-state index contributed by atoms with van der Waals surface area (Å²) in [4.78, 5) is 30.1. The fraction of sp³-hybridized carbons (Fsp3) is 0.667. The van der Waals surface area contributed by atoms with Gasteiger partial charge in [0, 0.05) is 19.1 Å². The molecule has 0 aromatic rings. The molecular weight excluding hydrogens is 264 g/mol. The van der Waals surface area contributed by atoms with Crippen molar-refractivity contribution in [3.05, 3.63) is 0 Å². The van der Waals surface area contributed by atoms with Crippen molar-refractivity contribution >= 4 is 30.5 Å². The van der Waals surface area contributed by atoms with Gasteiger partial charge in [-0.25, -0.2) is 0 Å². The molecule has 0 aliphatic heterocycles.